The van der Waals surface area contributed by atoms with E-state index >= 15 is 0 Å². The van der Waals surface area contributed by atoms with Gasteiger partial charge in [0.15, 0.2) is 0 Å². The van der Waals surface area contributed by atoms with Crippen LogP contribution in [0.5, 0.6) is 0 Å². The first-order chi connectivity index (χ1) is 8.79. The average Bonchev–Trinajstić information content (AvgIpc) is 2.64. The van der Waals surface area contributed by atoms with Gasteiger partial charge in [-0.25, -0.2) is 4.98 Å². The zero-order valence-corrected chi connectivity index (χ0v) is 11.2. The van der Waals surface area contributed by atoms with Gasteiger partial charge in [-0.15, -0.1) is 6.58 Å². The molecule has 0 amide bonds. The lowest BCUT2D eigenvalue weighted by Crippen LogP contribution is -2.26. The van der Waals surface area contributed by atoms with Crippen LogP contribution in [-0.2, 0) is 0 Å². The van der Waals surface area contributed by atoms with E-state index < -0.39 is 0 Å². The maximum Gasteiger partial charge on any atom is 0.227 e. The predicted octanol–water partition coefficient (Wildman–Crippen LogP) is 2.76. The molecular weight excluding hydrogens is 224 g/mol. The van der Waals surface area contributed by atoms with E-state index in [1.54, 1.807) is 0 Å². The molecule has 0 saturated carbocycles. The molecule has 98 valence electrons. The van der Waals surface area contributed by atoms with Crippen molar-refractivity contribution in [1.82, 2.24) is 9.97 Å². The van der Waals surface area contributed by atoms with Gasteiger partial charge in [-0.2, -0.15) is 4.98 Å². The largest absolute Gasteiger partial charge is 0.366 e. The number of aryl methyl sites for hydroxylation is 1. The molecule has 0 atom stereocenters. The Labute approximate surface area is 109 Å². The van der Waals surface area contributed by atoms with Crippen molar-refractivity contribution in [3.63, 3.8) is 0 Å². The van der Waals surface area contributed by atoms with Crippen LogP contribution in [0.1, 0.15) is 31.4 Å². The minimum atomic E-state index is 0.732. The molecule has 0 spiro atoms. The lowest BCUT2D eigenvalue weighted by atomic mass is 10.2. The third-order valence-electron chi connectivity index (χ3n) is 3.16. The highest BCUT2D eigenvalue weighted by atomic mass is 15.3. The van der Waals surface area contributed by atoms with Crippen LogP contribution < -0.4 is 10.2 Å². The van der Waals surface area contributed by atoms with E-state index in [4.69, 9.17) is 0 Å². The molecule has 1 N–H and O–H groups in total. The first kappa shape index (κ1) is 12.9. The Kier molecular flexibility index (Phi) is 4.56. The molecule has 4 nitrogen and oxygen atoms in total. The van der Waals surface area contributed by atoms with E-state index in [1.807, 2.05) is 19.1 Å². The van der Waals surface area contributed by atoms with E-state index in [1.165, 1.54) is 25.7 Å². The molecule has 4 heteroatoms. The van der Waals surface area contributed by atoms with Gasteiger partial charge >= 0.3 is 0 Å². The fourth-order valence-corrected chi connectivity index (χ4v) is 2.23. The standard InChI is InChI=1S/C14H22N4/c1-3-8-15-13-11-12(2)16-14(17-13)18-9-6-4-5-7-10-18/h3,11H,1,4-10H2,2H3,(H,15,16,17). The molecule has 1 aromatic rings. The molecule has 1 fully saturated rings. The molecule has 2 rings (SSSR count). The molecule has 0 aliphatic carbocycles. The number of rotatable bonds is 4. The Morgan fingerprint density at radius 2 is 2.00 bits per heavy atom. The minimum absolute atomic E-state index is 0.732. The van der Waals surface area contributed by atoms with Crippen LogP contribution in [0.2, 0.25) is 0 Å². The third kappa shape index (κ3) is 3.45. The maximum absolute atomic E-state index is 4.59. The van der Waals surface area contributed by atoms with Gasteiger partial charge in [0.2, 0.25) is 5.95 Å². The number of nitrogens with zero attached hydrogens (tertiary/aromatic N) is 3. The summed E-state index contributed by atoms with van der Waals surface area (Å²) in [5, 5.41) is 3.23. The summed E-state index contributed by atoms with van der Waals surface area (Å²) in [6.45, 7) is 8.60. The number of hydrogen-bond acceptors (Lipinski definition) is 4. The molecule has 0 unspecified atom stereocenters. The van der Waals surface area contributed by atoms with Crippen LogP contribution in [0, 0.1) is 6.92 Å². The Balaban J connectivity index is 2.14. The van der Waals surface area contributed by atoms with E-state index in [0.717, 1.165) is 37.1 Å². The molecule has 0 radical (unpaired) electrons. The first-order valence-electron chi connectivity index (χ1n) is 6.75. The molecule has 0 aromatic carbocycles. The van der Waals surface area contributed by atoms with Crippen LogP contribution in [0.25, 0.3) is 0 Å². The second-order valence-electron chi connectivity index (χ2n) is 4.77. The molecule has 1 saturated heterocycles. The maximum atomic E-state index is 4.59. The van der Waals surface area contributed by atoms with Crippen LogP contribution in [0.15, 0.2) is 18.7 Å². The lowest BCUT2D eigenvalue weighted by Gasteiger charge is -2.21. The first-order valence-corrected chi connectivity index (χ1v) is 6.75. The lowest BCUT2D eigenvalue weighted by molar-refractivity contribution is 0.726. The van der Waals surface area contributed by atoms with Crippen molar-refractivity contribution in [3.8, 4) is 0 Å². The number of hydrogen-bond donors (Lipinski definition) is 1. The summed E-state index contributed by atoms with van der Waals surface area (Å²) >= 11 is 0. The summed E-state index contributed by atoms with van der Waals surface area (Å²) in [6, 6.07) is 1.98. The highest BCUT2D eigenvalue weighted by molar-refractivity contribution is 5.44. The molecular formula is C14H22N4. The van der Waals surface area contributed by atoms with Gasteiger partial charge in [0.05, 0.1) is 0 Å². The summed E-state index contributed by atoms with van der Waals surface area (Å²) < 4.78 is 0. The zero-order valence-electron chi connectivity index (χ0n) is 11.2. The van der Waals surface area contributed by atoms with Crippen LogP contribution in [0.3, 0.4) is 0 Å². The van der Waals surface area contributed by atoms with Gasteiger partial charge in [0.1, 0.15) is 5.82 Å². The zero-order chi connectivity index (χ0) is 12.8. The van der Waals surface area contributed by atoms with Gasteiger partial charge < -0.3 is 10.2 Å². The summed E-state index contributed by atoms with van der Waals surface area (Å²) in [6.07, 6.45) is 6.97. The number of aromatic nitrogens is 2. The van der Waals surface area contributed by atoms with Gasteiger partial charge in [-0.05, 0) is 19.8 Å². The topological polar surface area (TPSA) is 41.1 Å². The van der Waals surface area contributed by atoms with Crippen molar-refractivity contribution in [3.05, 3.63) is 24.4 Å². The Morgan fingerprint density at radius 1 is 1.28 bits per heavy atom. The fourth-order valence-electron chi connectivity index (χ4n) is 2.23. The Bertz CT molecular complexity index is 395. The van der Waals surface area contributed by atoms with E-state index in [9.17, 15) is 0 Å². The second kappa shape index (κ2) is 6.38. The molecule has 0 bridgehead atoms. The minimum Gasteiger partial charge on any atom is -0.366 e. The number of nitrogens with one attached hydrogen (secondary N) is 1. The highest BCUT2D eigenvalue weighted by Gasteiger charge is 2.13. The molecule has 1 aliphatic rings. The van der Waals surface area contributed by atoms with Gasteiger partial charge in [0.25, 0.3) is 0 Å². The molecule has 18 heavy (non-hydrogen) atoms. The Hall–Kier alpha value is -1.58. The normalized spacial score (nSPS) is 16.2. The van der Waals surface area contributed by atoms with Gasteiger partial charge in [0, 0.05) is 31.4 Å². The van der Waals surface area contributed by atoms with Crippen molar-refractivity contribution < 1.29 is 0 Å². The fraction of sp³-hybridized carbons (Fsp3) is 0.571. The predicted molar refractivity (Wildman–Crippen MR) is 76.1 cm³/mol. The van der Waals surface area contributed by atoms with Crippen LogP contribution in [-0.4, -0.2) is 29.6 Å². The van der Waals surface area contributed by atoms with Crippen LogP contribution >= 0.6 is 0 Å². The third-order valence-corrected chi connectivity index (χ3v) is 3.16. The highest BCUT2D eigenvalue weighted by Crippen LogP contribution is 2.18. The number of anilines is 2. The summed E-state index contributed by atoms with van der Waals surface area (Å²) in [4.78, 5) is 11.5. The Morgan fingerprint density at radius 3 is 2.67 bits per heavy atom. The van der Waals surface area contributed by atoms with E-state index in [2.05, 4.69) is 26.8 Å². The van der Waals surface area contributed by atoms with E-state index in [-0.39, 0.29) is 0 Å². The van der Waals surface area contributed by atoms with Crippen molar-refractivity contribution in [2.45, 2.75) is 32.6 Å². The van der Waals surface area contributed by atoms with Crippen LogP contribution in [0.4, 0.5) is 11.8 Å². The van der Waals surface area contributed by atoms with Gasteiger partial charge in [-0.3, -0.25) is 0 Å². The second-order valence-corrected chi connectivity index (χ2v) is 4.77. The summed E-state index contributed by atoms with van der Waals surface area (Å²) in [5.74, 6) is 1.75. The summed E-state index contributed by atoms with van der Waals surface area (Å²) in [5.41, 5.74) is 1.01. The monoisotopic (exact) mass is 246 g/mol. The van der Waals surface area contributed by atoms with Crippen molar-refractivity contribution >= 4 is 11.8 Å². The smallest absolute Gasteiger partial charge is 0.227 e. The SMILES string of the molecule is C=CCNc1cc(C)nc(N2CCCCCC2)n1. The molecule has 2 heterocycles. The van der Waals surface area contributed by atoms with E-state index in [0.29, 0.717) is 0 Å². The van der Waals surface area contributed by atoms with Crippen molar-refractivity contribution in [1.29, 1.82) is 0 Å². The quantitative estimate of drug-likeness (QED) is 0.829. The van der Waals surface area contributed by atoms with Gasteiger partial charge in [-0.1, -0.05) is 18.9 Å². The van der Waals surface area contributed by atoms with Crippen molar-refractivity contribution in [2.75, 3.05) is 29.9 Å². The molecule has 1 aliphatic heterocycles. The average molecular weight is 246 g/mol. The van der Waals surface area contributed by atoms with Crippen molar-refractivity contribution in [2.24, 2.45) is 0 Å². The molecule has 1 aromatic heterocycles. The summed E-state index contributed by atoms with van der Waals surface area (Å²) in [7, 11) is 0.